The van der Waals surface area contributed by atoms with E-state index in [1.807, 2.05) is 27.7 Å². The quantitative estimate of drug-likeness (QED) is 0.867. The van der Waals surface area contributed by atoms with Crippen molar-refractivity contribution in [1.29, 1.82) is 0 Å². The molecule has 0 saturated heterocycles. The Morgan fingerprint density at radius 3 is 2.50 bits per heavy atom. The van der Waals surface area contributed by atoms with Gasteiger partial charge < -0.3 is 15.3 Å². The highest BCUT2D eigenvalue weighted by Gasteiger charge is 2.19. The molecule has 0 aliphatic carbocycles. The Kier molecular flexibility index (Phi) is 5.55. The zero-order valence-electron chi connectivity index (χ0n) is 12.4. The van der Waals surface area contributed by atoms with Crippen molar-refractivity contribution in [3.05, 3.63) is 29.3 Å². The van der Waals surface area contributed by atoms with Crippen LogP contribution in [0.1, 0.15) is 43.1 Å². The van der Waals surface area contributed by atoms with Crippen molar-refractivity contribution in [1.82, 2.24) is 4.90 Å². The number of carbonyl (C=O) groups is 2. The van der Waals surface area contributed by atoms with Gasteiger partial charge in [0.2, 0.25) is 0 Å². The second-order valence-electron chi connectivity index (χ2n) is 4.83. The summed E-state index contributed by atoms with van der Waals surface area (Å²) < 4.78 is 0. The standard InChI is InChI=1S/C15H22N2O3/c1-5-11(4)17(6-2)15(20)16-13-8-7-10(3)9-12(13)14(18)19/h7-9,11H,5-6H2,1-4H3,(H,16,20)(H,18,19). The molecule has 1 rings (SSSR count). The minimum Gasteiger partial charge on any atom is -0.478 e. The number of carboxylic acids is 1. The van der Waals surface area contributed by atoms with Gasteiger partial charge in [0.1, 0.15) is 0 Å². The van der Waals surface area contributed by atoms with Crippen LogP contribution < -0.4 is 5.32 Å². The maximum absolute atomic E-state index is 12.2. The van der Waals surface area contributed by atoms with Crippen LogP contribution in [-0.4, -0.2) is 34.6 Å². The van der Waals surface area contributed by atoms with Gasteiger partial charge in [-0.3, -0.25) is 0 Å². The van der Waals surface area contributed by atoms with E-state index in [1.165, 1.54) is 0 Å². The van der Waals surface area contributed by atoms with Crippen LogP contribution in [0.3, 0.4) is 0 Å². The van der Waals surface area contributed by atoms with Gasteiger partial charge in [-0.25, -0.2) is 9.59 Å². The molecular weight excluding hydrogens is 256 g/mol. The molecule has 5 nitrogen and oxygen atoms in total. The van der Waals surface area contributed by atoms with Gasteiger partial charge in [0, 0.05) is 12.6 Å². The Labute approximate surface area is 119 Å². The fourth-order valence-corrected chi connectivity index (χ4v) is 2.01. The van der Waals surface area contributed by atoms with E-state index in [0.29, 0.717) is 12.2 Å². The normalized spacial score (nSPS) is 11.8. The number of hydrogen-bond donors (Lipinski definition) is 2. The molecule has 0 aliphatic rings. The van der Waals surface area contributed by atoms with Crippen molar-refractivity contribution in [3.63, 3.8) is 0 Å². The molecular formula is C15H22N2O3. The number of urea groups is 1. The summed E-state index contributed by atoms with van der Waals surface area (Å²) >= 11 is 0. The first-order valence-corrected chi connectivity index (χ1v) is 6.82. The van der Waals surface area contributed by atoms with Crippen molar-refractivity contribution < 1.29 is 14.7 Å². The lowest BCUT2D eigenvalue weighted by Crippen LogP contribution is -2.41. The van der Waals surface area contributed by atoms with Crippen LogP contribution >= 0.6 is 0 Å². The van der Waals surface area contributed by atoms with E-state index in [2.05, 4.69) is 5.32 Å². The van der Waals surface area contributed by atoms with Gasteiger partial charge in [0.05, 0.1) is 11.3 Å². The van der Waals surface area contributed by atoms with Crippen LogP contribution in [0.2, 0.25) is 0 Å². The Balaban J connectivity index is 2.98. The number of aromatic carboxylic acids is 1. The van der Waals surface area contributed by atoms with Crippen LogP contribution in [0.4, 0.5) is 10.5 Å². The van der Waals surface area contributed by atoms with E-state index >= 15 is 0 Å². The van der Waals surface area contributed by atoms with Crippen molar-refractivity contribution in [2.24, 2.45) is 0 Å². The van der Waals surface area contributed by atoms with Gasteiger partial charge >= 0.3 is 12.0 Å². The highest BCUT2D eigenvalue weighted by molar-refractivity contribution is 6.00. The van der Waals surface area contributed by atoms with Crippen molar-refractivity contribution in [3.8, 4) is 0 Å². The topological polar surface area (TPSA) is 69.6 Å². The molecule has 1 atom stereocenters. The zero-order valence-corrected chi connectivity index (χ0v) is 12.4. The molecule has 20 heavy (non-hydrogen) atoms. The second kappa shape index (κ2) is 6.93. The number of nitrogens with zero attached hydrogens (tertiary/aromatic N) is 1. The van der Waals surface area contributed by atoms with Gasteiger partial charge in [0.15, 0.2) is 0 Å². The largest absolute Gasteiger partial charge is 0.478 e. The molecule has 0 aliphatic heterocycles. The third kappa shape index (κ3) is 3.73. The minimum absolute atomic E-state index is 0.110. The van der Waals surface area contributed by atoms with E-state index in [-0.39, 0.29) is 17.6 Å². The smallest absolute Gasteiger partial charge is 0.337 e. The number of carboxylic acid groups (broad SMARTS) is 1. The predicted octanol–water partition coefficient (Wildman–Crippen LogP) is 3.35. The molecule has 0 saturated carbocycles. The summed E-state index contributed by atoms with van der Waals surface area (Å²) in [5.41, 5.74) is 1.28. The average Bonchev–Trinajstić information content (AvgIpc) is 2.41. The number of aryl methyl sites for hydroxylation is 1. The second-order valence-corrected chi connectivity index (χ2v) is 4.83. The molecule has 1 aromatic rings. The van der Waals surface area contributed by atoms with Crippen LogP contribution in [0.15, 0.2) is 18.2 Å². The molecule has 0 aromatic heterocycles. The molecule has 0 radical (unpaired) electrons. The first-order chi connectivity index (χ1) is 9.40. The lowest BCUT2D eigenvalue weighted by atomic mass is 10.1. The average molecular weight is 278 g/mol. The Bertz CT molecular complexity index is 500. The number of hydrogen-bond acceptors (Lipinski definition) is 2. The lowest BCUT2D eigenvalue weighted by Gasteiger charge is -2.27. The van der Waals surface area contributed by atoms with Crippen molar-refractivity contribution in [2.45, 2.75) is 40.2 Å². The van der Waals surface area contributed by atoms with Gasteiger partial charge in [0.25, 0.3) is 0 Å². The summed E-state index contributed by atoms with van der Waals surface area (Å²) in [5.74, 6) is -1.05. The fourth-order valence-electron chi connectivity index (χ4n) is 2.01. The van der Waals surface area contributed by atoms with E-state index < -0.39 is 5.97 Å². The molecule has 2 amide bonds. The first-order valence-electron chi connectivity index (χ1n) is 6.82. The Morgan fingerprint density at radius 1 is 1.35 bits per heavy atom. The third-order valence-electron chi connectivity index (χ3n) is 3.37. The monoisotopic (exact) mass is 278 g/mol. The number of anilines is 1. The molecule has 110 valence electrons. The maximum Gasteiger partial charge on any atom is 0.337 e. The highest BCUT2D eigenvalue weighted by Crippen LogP contribution is 2.18. The van der Waals surface area contributed by atoms with Gasteiger partial charge in [-0.15, -0.1) is 0 Å². The van der Waals surface area contributed by atoms with E-state index in [9.17, 15) is 14.7 Å². The van der Waals surface area contributed by atoms with E-state index in [4.69, 9.17) is 0 Å². The number of nitrogens with one attached hydrogen (secondary N) is 1. The van der Waals surface area contributed by atoms with Crippen LogP contribution in [-0.2, 0) is 0 Å². The van der Waals surface area contributed by atoms with E-state index in [1.54, 1.807) is 23.1 Å². The van der Waals surface area contributed by atoms with Crippen molar-refractivity contribution >= 4 is 17.7 Å². The first kappa shape index (κ1) is 16.0. The summed E-state index contributed by atoms with van der Waals surface area (Å²) in [6, 6.07) is 4.80. The fraction of sp³-hybridized carbons (Fsp3) is 0.467. The molecule has 1 unspecified atom stereocenters. The summed E-state index contributed by atoms with van der Waals surface area (Å²) in [5, 5.41) is 11.9. The SMILES string of the molecule is CCC(C)N(CC)C(=O)Nc1ccc(C)cc1C(=O)O. The number of amides is 2. The molecule has 5 heteroatoms. The third-order valence-corrected chi connectivity index (χ3v) is 3.37. The molecule has 2 N–H and O–H groups in total. The van der Waals surface area contributed by atoms with Crippen LogP contribution in [0, 0.1) is 6.92 Å². The number of benzene rings is 1. The summed E-state index contributed by atoms with van der Waals surface area (Å²) in [6.07, 6.45) is 0.848. The molecule has 0 fully saturated rings. The highest BCUT2D eigenvalue weighted by atomic mass is 16.4. The molecule has 0 bridgehead atoms. The number of carbonyl (C=O) groups excluding carboxylic acids is 1. The van der Waals surface area contributed by atoms with E-state index in [0.717, 1.165) is 12.0 Å². The Hall–Kier alpha value is -2.04. The number of rotatable bonds is 5. The zero-order chi connectivity index (χ0) is 15.3. The van der Waals surface area contributed by atoms with Crippen molar-refractivity contribution in [2.75, 3.05) is 11.9 Å². The maximum atomic E-state index is 12.2. The van der Waals surface area contributed by atoms with Gasteiger partial charge in [-0.05, 0) is 39.3 Å². The molecule has 0 spiro atoms. The summed E-state index contributed by atoms with van der Waals surface area (Å²) in [7, 11) is 0. The predicted molar refractivity (Wildman–Crippen MR) is 79.3 cm³/mol. The van der Waals surface area contributed by atoms with Crippen LogP contribution in [0.5, 0.6) is 0 Å². The van der Waals surface area contributed by atoms with Gasteiger partial charge in [-0.1, -0.05) is 18.6 Å². The molecule has 1 aromatic carbocycles. The minimum atomic E-state index is -1.05. The summed E-state index contributed by atoms with van der Waals surface area (Å²) in [6.45, 7) is 8.27. The summed E-state index contributed by atoms with van der Waals surface area (Å²) in [4.78, 5) is 25.1. The lowest BCUT2D eigenvalue weighted by molar-refractivity contribution is 0.0698. The van der Waals surface area contributed by atoms with Gasteiger partial charge in [-0.2, -0.15) is 0 Å². The van der Waals surface area contributed by atoms with Crippen LogP contribution in [0.25, 0.3) is 0 Å². The molecule has 0 heterocycles. The Morgan fingerprint density at radius 2 is 2.00 bits per heavy atom.